The Kier molecular flexibility index (Phi) is 4.33. The molecule has 0 aliphatic heterocycles. The molecule has 0 radical (unpaired) electrons. The van der Waals surface area contributed by atoms with Crippen LogP contribution in [0, 0.1) is 12.3 Å². The largest absolute Gasteiger partial charge is 0.389 e. The number of hydrogen-bond donors (Lipinski definition) is 1. The topological polar surface area (TPSA) is 20.2 Å². The normalized spacial score (nSPS) is 13.8. The molecule has 0 spiro atoms. The SMILES string of the molecule is C#C/C(C)=C/C(O)CC(=C)C. The van der Waals surface area contributed by atoms with Crippen molar-refractivity contribution in [2.45, 2.75) is 26.4 Å². The summed E-state index contributed by atoms with van der Waals surface area (Å²) >= 11 is 0. The summed E-state index contributed by atoms with van der Waals surface area (Å²) in [6.07, 6.45) is 6.86. The van der Waals surface area contributed by atoms with Gasteiger partial charge in [-0.3, -0.25) is 0 Å². The van der Waals surface area contributed by atoms with Crippen LogP contribution in [0.15, 0.2) is 23.8 Å². The third-order valence-corrected chi connectivity index (χ3v) is 1.23. The Morgan fingerprint density at radius 3 is 2.64 bits per heavy atom. The number of aliphatic hydroxyl groups excluding tert-OH is 1. The fraction of sp³-hybridized carbons (Fsp3) is 0.400. The summed E-state index contributed by atoms with van der Waals surface area (Å²) in [6, 6.07) is 0. The van der Waals surface area contributed by atoms with Crippen LogP contribution in [-0.2, 0) is 0 Å². The molecule has 0 fully saturated rings. The zero-order chi connectivity index (χ0) is 8.85. The lowest BCUT2D eigenvalue weighted by molar-refractivity contribution is 0.223. The number of hydrogen-bond acceptors (Lipinski definition) is 1. The van der Waals surface area contributed by atoms with Gasteiger partial charge in [-0.15, -0.1) is 13.0 Å². The Balaban J connectivity index is 3.98. The summed E-state index contributed by atoms with van der Waals surface area (Å²) in [6.45, 7) is 7.36. The van der Waals surface area contributed by atoms with Crippen LogP contribution in [0.1, 0.15) is 20.3 Å². The Labute approximate surface area is 68.4 Å². The summed E-state index contributed by atoms with van der Waals surface area (Å²) < 4.78 is 0. The highest BCUT2D eigenvalue weighted by atomic mass is 16.3. The molecule has 1 nitrogen and oxygen atoms in total. The number of aliphatic hydroxyl groups is 1. The van der Waals surface area contributed by atoms with Gasteiger partial charge < -0.3 is 5.11 Å². The Bertz CT molecular complexity index is 205. The molecule has 0 aromatic rings. The maximum atomic E-state index is 9.29. The molecule has 1 heteroatoms. The van der Waals surface area contributed by atoms with Crippen molar-refractivity contribution in [2.24, 2.45) is 0 Å². The van der Waals surface area contributed by atoms with Crippen LogP contribution in [0.4, 0.5) is 0 Å². The minimum atomic E-state index is -0.483. The molecule has 0 rings (SSSR count). The molecular formula is C10H14O. The van der Waals surface area contributed by atoms with Crippen LogP contribution in [0.2, 0.25) is 0 Å². The number of allylic oxidation sites excluding steroid dienone is 1. The molecule has 1 unspecified atom stereocenters. The van der Waals surface area contributed by atoms with E-state index in [0.29, 0.717) is 6.42 Å². The van der Waals surface area contributed by atoms with Crippen LogP contribution in [0.25, 0.3) is 0 Å². The summed E-state index contributed by atoms with van der Waals surface area (Å²) in [4.78, 5) is 0. The first-order chi connectivity index (χ1) is 5.06. The number of terminal acetylenes is 1. The average molecular weight is 150 g/mol. The Morgan fingerprint density at radius 2 is 2.27 bits per heavy atom. The zero-order valence-electron chi connectivity index (χ0n) is 7.09. The van der Waals surface area contributed by atoms with E-state index in [-0.39, 0.29) is 0 Å². The van der Waals surface area contributed by atoms with Gasteiger partial charge in [0, 0.05) is 0 Å². The van der Waals surface area contributed by atoms with E-state index in [4.69, 9.17) is 6.42 Å². The second-order valence-electron chi connectivity index (χ2n) is 2.72. The average Bonchev–Trinajstić information content (AvgIpc) is 1.85. The maximum Gasteiger partial charge on any atom is 0.0769 e. The molecule has 1 atom stereocenters. The highest BCUT2D eigenvalue weighted by molar-refractivity contribution is 5.24. The number of rotatable bonds is 3. The van der Waals surface area contributed by atoms with Gasteiger partial charge in [-0.2, -0.15) is 0 Å². The zero-order valence-corrected chi connectivity index (χ0v) is 7.09. The van der Waals surface area contributed by atoms with E-state index < -0.39 is 6.10 Å². The van der Waals surface area contributed by atoms with E-state index >= 15 is 0 Å². The second-order valence-corrected chi connectivity index (χ2v) is 2.72. The minimum Gasteiger partial charge on any atom is -0.389 e. The molecule has 11 heavy (non-hydrogen) atoms. The molecule has 1 N–H and O–H groups in total. The van der Waals surface area contributed by atoms with Gasteiger partial charge in [-0.05, 0) is 31.9 Å². The molecular weight excluding hydrogens is 136 g/mol. The minimum absolute atomic E-state index is 0.483. The van der Waals surface area contributed by atoms with Crippen LogP contribution < -0.4 is 0 Å². The van der Waals surface area contributed by atoms with Gasteiger partial charge in [0.1, 0.15) is 0 Å². The summed E-state index contributed by atoms with van der Waals surface area (Å²) in [5.41, 5.74) is 1.72. The van der Waals surface area contributed by atoms with E-state index in [1.54, 1.807) is 13.0 Å². The van der Waals surface area contributed by atoms with E-state index in [1.165, 1.54) is 0 Å². The molecule has 0 aliphatic carbocycles. The summed E-state index contributed by atoms with van der Waals surface area (Å²) in [7, 11) is 0. The van der Waals surface area contributed by atoms with Gasteiger partial charge in [0.25, 0.3) is 0 Å². The molecule has 0 aromatic carbocycles. The van der Waals surface area contributed by atoms with E-state index in [1.807, 2.05) is 6.92 Å². The van der Waals surface area contributed by atoms with Crippen molar-refractivity contribution in [3.05, 3.63) is 23.8 Å². The van der Waals surface area contributed by atoms with Crippen molar-refractivity contribution in [1.82, 2.24) is 0 Å². The predicted octanol–water partition coefficient (Wildman–Crippen LogP) is 1.89. The summed E-state index contributed by atoms with van der Waals surface area (Å²) in [5, 5.41) is 9.29. The van der Waals surface area contributed by atoms with Crippen molar-refractivity contribution in [3.63, 3.8) is 0 Å². The third-order valence-electron chi connectivity index (χ3n) is 1.23. The standard InChI is InChI=1S/C10H14O/c1-5-9(4)7-10(11)6-8(2)3/h1,7,10-11H,2,6H2,3-4H3/b9-7+. The van der Waals surface area contributed by atoms with Crippen LogP contribution in [0.5, 0.6) is 0 Å². The Morgan fingerprint density at radius 1 is 1.73 bits per heavy atom. The maximum absolute atomic E-state index is 9.29. The van der Waals surface area contributed by atoms with Crippen LogP contribution in [-0.4, -0.2) is 11.2 Å². The molecule has 0 saturated carbocycles. The van der Waals surface area contributed by atoms with Crippen molar-refractivity contribution in [3.8, 4) is 12.3 Å². The van der Waals surface area contributed by atoms with Crippen LogP contribution in [0.3, 0.4) is 0 Å². The van der Waals surface area contributed by atoms with E-state index in [0.717, 1.165) is 11.1 Å². The highest BCUT2D eigenvalue weighted by Gasteiger charge is 1.98. The lowest BCUT2D eigenvalue weighted by atomic mass is 10.1. The Hall–Kier alpha value is -1.00. The van der Waals surface area contributed by atoms with Crippen LogP contribution >= 0.6 is 0 Å². The van der Waals surface area contributed by atoms with Crippen molar-refractivity contribution >= 4 is 0 Å². The first kappa shape index (κ1) is 10.0. The molecule has 0 amide bonds. The van der Waals surface area contributed by atoms with Gasteiger partial charge in [-0.25, -0.2) is 0 Å². The molecule has 0 aliphatic rings. The lowest BCUT2D eigenvalue weighted by Gasteiger charge is -2.04. The fourth-order valence-electron chi connectivity index (χ4n) is 0.753. The molecule has 0 saturated heterocycles. The molecule has 0 bridgehead atoms. The monoisotopic (exact) mass is 150 g/mol. The van der Waals surface area contributed by atoms with Crippen molar-refractivity contribution in [1.29, 1.82) is 0 Å². The first-order valence-corrected chi connectivity index (χ1v) is 3.53. The smallest absolute Gasteiger partial charge is 0.0769 e. The summed E-state index contributed by atoms with van der Waals surface area (Å²) in [5.74, 6) is 2.44. The van der Waals surface area contributed by atoms with Gasteiger partial charge in [0.2, 0.25) is 0 Å². The second kappa shape index (κ2) is 4.76. The van der Waals surface area contributed by atoms with E-state index in [9.17, 15) is 5.11 Å². The third kappa shape index (κ3) is 5.44. The van der Waals surface area contributed by atoms with Gasteiger partial charge in [-0.1, -0.05) is 11.5 Å². The predicted molar refractivity (Wildman–Crippen MR) is 48.0 cm³/mol. The fourth-order valence-corrected chi connectivity index (χ4v) is 0.753. The van der Waals surface area contributed by atoms with Gasteiger partial charge >= 0.3 is 0 Å². The quantitative estimate of drug-likeness (QED) is 0.481. The van der Waals surface area contributed by atoms with Crippen molar-refractivity contribution < 1.29 is 5.11 Å². The molecule has 0 aromatic heterocycles. The van der Waals surface area contributed by atoms with Gasteiger partial charge in [0.15, 0.2) is 0 Å². The van der Waals surface area contributed by atoms with Gasteiger partial charge in [0.05, 0.1) is 6.10 Å². The lowest BCUT2D eigenvalue weighted by Crippen LogP contribution is -2.02. The highest BCUT2D eigenvalue weighted by Crippen LogP contribution is 2.04. The van der Waals surface area contributed by atoms with Crippen molar-refractivity contribution in [2.75, 3.05) is 0 Å². The van der Waals surface area contributed by atoms with E-state index in [2.05, 4.69) is 12.5 Å². The molecule has 60 valence electrons. The molecule has 0 heterocycles. The first-order valence-electron chi connectivity index (χ1n) is 3.53.